The molecule has 3 heteroatoms. The zero-order valence-electron chi connectivity index (χ0n) is 9.36. The van der Waals surface area contributed by atoms with E-state index < -0.39 is 0 Å². The van der Waals surface area contributed by atoms with Crippen LogP contribution < -0.4 is 11.1 Å². The SMILES string of the molecule is C#CCNC(=O)CC(C)c1ccc(N)cc1. The second-order valence-electron chi connectivity index (χ2n) is 3.75. The van der Waals surface area contributed by atoms with E-state index >= 15 is 0 Å². The maximum Gasteiger partial charge on any atom is 0.221 e. The highest BCUT2D eigenvalue weighted by molar-refractivity contribution is 5.77. The largest absolute Gasteiger partial charge is 0.399 e. The lowest BCUT2D eigenvalue weighted by atomic mass is 9.97. The summed E-state index contributed by atoms with van der Waals surface area (Å²) in [7, 11) is 0. The molecule has 1 amide bonds. The number of amides is 1. The number of nitrogens with two attached hydrogens (primary N) is 1. The number of hydrogen-bond acceptors (Lipinski definition) is 2. The minimum Gasteiger partial charge on any atom is -0.399 e. The Hall–Kier alpha value is -1.95. The number of carbonyl (C=O) groups is 1. The molecule has 0 fully saturated rings. The van der Waals surface area contributed by atoms with Crippen LogP contribution in [0.5, 0.6) is 0 Å². The second-order valence-corrected chi connectivity index (χ2v) is 3.75. The minimum atomic E-state index is -0.0257. The molecular formula is C13H16N2O. The van der Waals surface area contributed by atoms with E-state index in [-0.39, 0.29) is 18.4 Å². The van der Waals surface area contributed by atoms with Crippen LogP contribution in [0.15, 0.2) is 24.3 Å². The van der Waals surface area contributed by atoms with E-state index in [1.807, 2.05) is 31.2 Å². The van der Waals surface area contributed by atoms with Crippen molar-refractivity contribution in [3.8, 4) is 12.3 Å². The molecule has 1 unspecified atom stereocenters. The molecule has 0 aliphatic heterocycles. The van der Waals surface area contributed by atoms with Gasteiger partial charge in [0.15, 0.2) is 0 Å². The summed E-state index contributed by atoms with van der Waals surface area (Å²) < 4.78 is 0. The Bertz CT molecular complexity index is 389. The minimum absolute atomic E-state index is 0.0257. The van der Waals surface area contributed by atoms with Crippen LogP contribution in [0.1, 0.15) is 24.8 Å². The number of benzene rings is 1. The molecule has 0 saturated carbocycles. The van der Waals surface area contributed by atoms with Gasteiger partial charge in [-0.25, -0.2) is 0 Å². The van der Waals surface area contributed by atoms with E-state index in [0.717, 1.165) is 11.3 Å². The molecule has 0 spiro atoms. The zero-order valence-corrected chi connectivity index (χ0v) is 9.36. The molecule has 0 radical (unpaired) electrons. The van der Waals surface area contributed by atoms with Gasteiger partial charge in [-0.15, -0.1) is 6.42 Å². The average molecular weight is 216 g/mol. The van der Waals surface area contributed by atoms with Crippen molar-refractivity contribution in [3.05, 3.63) is 29.8 Å². The van der Waals surface area contributed by atoms with Crippen molar-refractivity contribution in [2.75, 3.05) is 12.3 Å². The molecule has 1 rings (SSSR count). The number of carbonyl (C=O) groups excluding carboxylic acids is 1. The van der Waals surface area contributed by atoms with Crippen LogP contribution in [-0.4, -0.2) is 12.5 Å². The highest BCUT2D eigenvalue weighted by atomic mass is 16.1. The fraction of sp³-hybridized carbons (Fsp3) is 0.308. The maximum atomic E-state index is 11.4. The summed E-state index contributed by atoms with van der Waals surface area (Å²) in [6.07, 6.45) is 5.49. The van der Waals surface area contributed by atoms with Crippen molar-refractivity contribution < 1.29 is 4.79 Å². The maximum absolute atomic E-state index is 11.4. The molecule has 0 heterocycles. The van der Waals surface area contributed by atoms with E-state index in [9.17, 15) is 4.79 Å². The van der Waals surface area contributed by atoms with Crippen LogP contribution in [0.25, 0.3) is 0 Å². The predicted molar refractivity (Wildman–Crippen MR) is 65.7 cm³/mol. The van der Waals surface area contributed by atoms with Crippen LogP contribution >= 0.6 is 0 Å². The van der Waals surface area contributed by atoms with Crippen molar-refractivity contribution in [2.45, 2.75) is 19.3 Å². The van der Waals surface area contributed by atoms with Crippen molar-refractivity contribution in [1.29, 1.82) is 0 Å². The third kappa shape index (κ3) is 3.66. The predicted octanol–water partition coefficient (Wildman–Crippen LogP) is 1.51. The number of anilines is 1. The highest BCUT2D eigenvalue weighted by Gasteiger charge is 2.10. The van der Waals surface area contributed by atoms with Gasteiger partial charge in [-0.2, -0.15) is 0 Å². The molecule has 0 aromatic heterocycles. The van der Waals surface area contributed by atoms with E-state index in [1.54, 1.807) is 0 Å². The molecule has 1 atom stereocenters. The highest BCUT2D eigenvalue weighted by Crippen LogP contribution is 2.19. The lowest BCUT2D eigenvalue weighted by molar-refractivity contribution is -0.121. The van der Waals surface area contributed by atoms with Crippen molar-refractivity contribution in [2.24, 2.45) is 0 Å². The lowest BCUT2D eigenvalue weighted by Crippen LogP contribution is -2.24. The van der Waals surface area contributed by atoms with Crippen LogP contribution in [0.2, 0.25) is 0 Å². The molecule has 0 bridgehead atoms. The normalized spacial score (nSPS) is 11.5. The number of hydrogen-bond donors (Lipinski definition) is 2. The lowest BCUT2D eigenvalue weighted by Gasteiger charge is -2.11. The first-order chi connectivity index (χ1) is 7.63. The topological polar surface area (TPSA) is 55.1 Å². The van der Waals surface area contributed by atoms with Gasteiger partial charge >= 0.3 is 0 Å². The Labute approximate surface area is 96.0 Å². The molecule has 0 saturated heterocycles. The van der Waals surface area contributed by atoms with Gasteiger partial charge in [0, 0.05) is 12.1 Å². The van der Waals surface area contributed by atoms with E-state index in [0.29, 0.717) is 6.42 Å². The summed E-state index contributed by atoms with van der Waals surface area (Å²) >= 11 is 0. The van der Waals surface area contributed by atoms with Crippen LogP contribution in [0.4, 0.5) is 5.69 Å². The first-order valence-electron chi connectivity index (χ1n) is 5.19. The molecule has 0 aliphatic rings. The third-order valence-corrected chi connectivity index (χ3v) is 2.38. The monoisotopic (exact) mass is 216 g/mol. The van der Waals surface area contributed by atoms with E-state index in [1.165, 1.54) is 0 Å². The Morgan fingerprint density at radius 3 is 2.69 bits per heavy atom. The molecule has 1 aromatic rings. The van der Waals surface area contributed by atoms with Crippen LogP contribution in [-0.2, 0) is 4.79 Å². The Morgan fingerprint density at radius 2 is 2.12 bits per heavy atom. The number of nitrogen functional groups attached to an aromatic ring is 1. The third-order valence-electron chi connectivity index (χ3n) is 2.38. The van der Waals surface area contributed by atoms with E-state index in [4.69, 9.17) is 12.2 Å². The summed E-state index contributed by atoms with van der Waals surface area (Å²) in [4.78, 5) is 11.4. The molecular weight excluding hydrogens is 200 g/mol. The van der Waals surface area contributed by atoms with Gasteiger partial charge in [-0.05, 0) is 23.6 Å². The van der Waals surface area contributed by atoms with Crippen molar-refractivity contribution in [1.82, 2.24) is 5.32 Å². The molecule has 3 N–H and O–H groups in total. The average Bonchev–Trinajstić information content (AvgIpc) is 2.27. The van der Waals surface area contributed by atoms with Crippen molar-refractivity contribution in [3.63, 3.8) is 0 Å². The zero-order chi connectivity index (χ0) is 12.0. The molecule has 1 aromatic carbocycles. The van der Waals surface area contributed by atoms with Crippen LogP contribution in [0, 0.1) is 12.3 Å². The second kappa shape index (κ2) is 5.82. The summed E-state index contributed by atoms with van der Waals surface area (Å²) in [6, 6.07) is 7.55. The molecule has 0 aliphatic carbocycles. The van der Waals surface area contributed by atoms with Gasteiger partial charge in [-0.3, -0.25) is 4.79 Å². The number of terminal acetylenes is 1. The fourth-order valence-corrected chi connectivity index (χ4v) is 1.44. The van der Waals surface area contributed by atoms with Gasteiger partial charge in [0.1, 0.15) is 0 Å². The van der Waals surface area contributed by atoms with Crippen molar-refractivity contribution >= 4 is 11.6 Å². The van der Waals surface area contributed by atoms with Gasteiger partial charge < -0.3 is 11.1 Å². The molecule has 84 valence electrons. The Kier molecular flexibility index (Phi) is 4.41. The van der Waals surface area contributed by atoms with E-state index in [2.05, 4.69) is 11.2 Å². The summed E-state index contributed by atoms with van der Waals surface area (Å²) in [5.41, 5.74) is 7.42. The smallest absolute Gasteiger partial charge is 0.221 e. The summed E-state index contributed by atoms with van der Waals surface area (Å²) in [5, 5.41) is 2.64. The molecule has 3 nitrogen and oxygen atoms in total. The van der Waals surface area contributed by atoms with Gasteiger partial charge in [0.2, 0.25) is 5.91 Å². The Morgan fingerprint density at radius 1 is 1.50 bits per heavy atom. The summed E-state index contributed by atoms with van der Waals surface area (Å²) in [5.74, 6) is 2.51. The number of rotatable bonds is 4. The van der Waals surface area contributed by atoms with Crippen LogP contribution in [0.3, 0.4) is 0 Å². The standard InChI is InChI=1S/C13H16N2O/c1-3-8-15-13(16)9-10(2)11-4-6-12(14)7-5-11/h1,4-7,10H,8-9,14H2,2H3,(H,15,16). The molecule has 16 heavy (non-hydrogen) atoms. The van der Waals surface area contributed by atoms with Gasteiger partial charge in [0.05, 0.1) is 6.54 Å². The quantitative estimate of drug-likeness (QED) is 0.592. The fourth-order valence-electron chi connectivity index (χ4n) is 1.44. The van der Waals surface area contributed by atoms with Gasteiger partial charge in [-0.1, -0.05) is 25.0 Å². The van der Waals surface area contributed by atoms with Gasteiger partial charge in [0.25, 0.3) is 0 Å². The first kappa shape index (κ1) is 12.1. The Balaban J connectivity index is 2.52. The number of nitrogens with one attached hydrogen (secondary N) is 1. The summed E-state index contributed by atoms with van der Waals surface area (Å²) in [6.45, 7) is 2.29. The first-order valence-corrected chi connectivity index (χ1v) is 5.19.